The van der Waals surface area contributed by atoms with Crippen LogP contribution in [0.25, 0.3) is 0 Å². The third-order valence-electron chi connectivity index (χ3n) is 3.79. The number of nitrogens with zero attached hydrogens (tertiary/aromatic N) is 1. The molecular weight excluding hydrogens is 351 g/mol. The van der Waals surface area contributed by atoms with Crippen molar-refractivity contribution in [1.29, 1.82) is 0 Å². The molecule has 0 atom stereocenters. The quantitative estimate of drug-likeness (QED) is 0.708. The topological polar surface area (TPSA) is 49.4 Å². The second-order valence-electron chi connectivity index (χ2n) is 5.90. The van der Waals surface area contributed by atoms with Crippen molar-refractivity contribution in [3.8, 4) is 0 Å². The van der Waals surface area contributed by atoms with Crippen LogP contribution in [0.4, 0.5) is 10.1 Å². The summed E-state index contributed by atoms with van der Waals surface area (Å²) in [6.07, 6.45) is 0.744. The maximum atomic E-state index is 13.7. The maximum Gasteiger partial charge on any atom is 0.244 e. The fraction of sp³-hybridized carbons (Fsp3) is 0.300. The molecule has 0 radical (unpaired) electrons. The van der Waals surface area contributed by atoms with Crippen LogP contribution in [0.15, 0.2) is 53.4 Å². The predicted molar refractivity (Wildman–Crippen MR) is 104 cm³/mol. The van der Waals surface area contributed by atoms with Crippen LogP contribution in [0.3, 0.4) is 0 Å². The van der Waals surface area contributed by atoms with E-state index in [0.29, 0.717) is 11.4 Å². The van der Waals surface area contributed by atoms with E-state index in [1.54, 1.807) is 18.2 Å². The molecule has 0 unspecified atom stereocenters. The van der Waals surface area contributed by atoms with Crippen molar-refractivity contribution in [2.45, 2.75) is 25.2 Å². The molecule has 2 aromatic rings. The van der Waals surface area contributed by atoms with E-state index in [1.165, 1.54) is 11.0 Å². The van der Waals surface area contributed by atoms with Crippen molar-refractivity contribution in [3.05, 3.63) is 59.9 Å². The van der Waals surface area contributed by atoms with Crippen molar-refractivity contribution >= 4 is 29.3 Å². The van der Waals surface area contributed by atoms with Crippen molar-refractivity contribution in [2.24, 2.45) is 0 Å². The van der Waals surface area contributed by atoms with E-state index >= 15 is 0 Å². The van der Waals surface area contributed by atoms with Crippen molar-refractivity contribution in [3.63, 3.8) is 0 Å². The van der Waals surface area contributed by atoms with Gasteiger partial charge >= 0.3 is 0 Å². The van der Waals surface area contributed by atoms with Crippen LogP contribution >= 0.6 is 11.8 Å². The van der Waals surface area contributed by atoms with Gasteiger partial charge in [-0.2, -0.15) is 0 Å². The summed E-state index contributed by atoms with van der Waals surface area (Å²) < 4.78 is 13.7. The zero-order valence-corrected chi connectivity index (χ0v) is 15.8. The Morgan fingerprint density at radius 2 is 1.81 bits per heavy atom. The maximum absolute atomic E-state index is 13.7. The molecule has 0 aliphatic carbocycles. The molecule has 4 nitrogen and oxygen atoms in total. The number of nitrogens with one attached hydrogen (secondary N) is 1. The Labute approximate surface area is 157 Å². The second kappa shape index (κ2) is 9.97. The number of anilines is 1. The van der Waals surface area contributed by atoms with Crippen molar-refractivity contribution < 1.29 is 14.0 Å². The number of rotatable bonds is 8. The van der Waals surface area contributed by atoms with Gasteiger partial charge in [0.1, 0.15) is 5.82 Å². The van der Waals surface area contributed by atoms with Crippen LogP contribution in [-0.2, 0) is 9.59 Å². The molecule has 0 aromatic heterocycles. The highest BCUT2D eigenvalue weighted by molar-refractivity contribution is 8.00. The van der Waals surface area contributed by atoms with Crippen LogP contribution in [0.2, 0.25) is 0 Å². The molecule has 0 aliphatic rings. The SMILES string of the molecule is CCCN(CC(=O)Nc1ccccc1C)C(=O)CSc1ccccc1F. The molecule has 0 aliphatic heterocycles. The van der Waals surface area contributed by atoms with Gasteiger partial charge in [0.25, 0.3) is 0 Å². The highest BCUT2D eigenvalue weighted by atomic mass is 32.2. The average molecular weight is 374 g/mol. The lowest BCUT2D eigenvalue weighted by atomic mass is 10.2. The van der Waals surface area contributed by atoms with Gasteiger partial charge in [0.05, 0.1) is 12.3 Å². The van der Waals surface area contributed by atoms with Gasteiger partial charge < -0.3 is 10.2 Å². The van der Waals surface area contributed by atoms with E-state index in [4.69, 9.17) is 0 Å². The minimum Gasteiger partial charge on any atom is -0.333 e. The van der Waals surface area contributed by atoms with Gasteiger partial charge in [-0.1, -0.05) is 37.3 Å². The smallest absolute Gasteiger partial charge is 0.244 e. The van der Waals surface area contributed by atoms with Crippen molar-refractivity contribution in [2.75, 3.05) is 24.2 Å². The Balaban J connectivity index is 1.94. The Morgan fingerprint density at radius 1 is 1.12 bits per heavy atom. The molecule has 26 heavy (non-hydrogen) atoms. The number of para-hydroxylation sites is 1. The fourth-order valence-electron chi connectivity index (χ4n) is 2.43. The Kier molecular flexibility index (Phi) is 7.66. The molecule has 2 rings (SSSR count). The zero-order valence-electron chi connectivity index (χ0n) is 15.0. The van der Waals surface area contributed by atoms with E-state index in [1.807, 2.05) is 38.1 Å². The number of thioether (sulfide) groups is 1. The van der Waals surface area contributed by atoms with Gasteiger partial charge in [0, 0.05) is 17.1 Å². The molecule has 1 N–H and O–H groups in total. The van der Waals surface area contributed by atoms with E-state index in [9.17, 15) is 14.0 Å². The summed E-state index contributed by atoms with van der Waals surface area (Å²) in [4.78, 5) is 26.7. The van der Waals surface area contributed by atoms with Gasteiger partial charge in [-0.15, -0.1) is 11.8 Å². The average Bonchev–Trinajstić information content (AvgIpc) is 2.62. The largest absolute Gasteiger partial charge is 0.333 e. The van der Waals surface area contributed by atoms with Crippen LogP contribution in [0.5, 0.6) is 0 Å². The lowest BCUT2D eigenvalue weighted by molar-refractivity contribution is -0.132. The number of amides is 2. The Bertz CT molecular complexity index is 767. The van der Waals surface area contributed by atoms with Gasteiger partial charge in [-0.25, -0.2) is 4.39 Å². The first-order valence-electron chi connectivity index (χ1n) is 8.52. The highest BCUT2D eigenvalue weighted by Gasteiger charge is 2.17. The first-order chi connectivity index (χ1) is 12.5. The van der Waals surface area contributed by atoms with Gasteiger partial charge in [-0.05, 0) is 37.1 Å². The van der Waals surface area contributed by atoms with E-state index in [2.05, 4.69) is 5.32 Å². The molecule has 2 amide bonds. The summed E-state index contributed by atoms with van der Waals surface area (Å²) in [5.74, 6) is -0.667. The summed E-state index contributed by atoms with van der Waals surface area (Å²) in [7, 11) is 0. The minimum atomic E-state index is -0.343. The molecule has 0 fully saturated rings. The lowest BCUT2D eigenvalue weighted by Gasteiger charge is -2.22. The summed E-state index contributed by atoms with van der Waals surface area (Å²) in [5.41, 5.74) is 1.70. The number of aryl methyl sites for hydroxylation is 1. The third-order valence-corrected chi connectivity index (χ3v) is 4.82. The van der Waals surface area contributed by atoms with Crippen LogP contribution in [0, 0.1) is 12.7 Å². The number of hydrogen-bond acceptors (Lipinski definition) is 3. The monoisotopic (exact) mass is 374 g/mol. The number of carbonyl (C=O) groups is 2. The van der Waals surface area contributed by atoms with Crippen LogP contribution in [-0.4, -0.2) is 35.6 Å². The Hall–Kier alpha value is -2.34. The summed E-state index contributed by atoms with van der Waals surface area (Å²) >= 11 is 1.14. The molecule has 138 valence electrons. The molecule has 6 heteroatoms. The molecule has 2 aromatic carbocycles. The van der Waals surface area contributed by atoms with Gasteiger partial charge in [-0.3, -0.25) is 9.59 Å². The highest BCUT2D eigenvalue weighted by Crippen LogP contribution is 2.21. The van der Waals surface area contributed by atoms with Gasteiger partial charge in [0.15, 0.2) is 0 Å². The lowest BCUT2D eigenvalue weighted by Crippen LogP contribution is -2.39. The van der Waals surface area contributed by atoms with E-state index in [-0.39, 0.29) is 29.9 Å². The normalized spacial score (nSPS) is 10.4. The van der Waals surface area contributed by atoms with Crippen molar-refractivity contribution in [1.82, 2.24) is 4.90 Å². The summed E-state index contributed by atoms with van der Waals surface area (Å²) in [6.45, 7) is 4.33. The number of carbonyl (C=O) groups excluding carboxylic acids is 2. The molecule has 0 bridgehead atoms. The van der Waals surface area contributed by atoms with E-state index < -0.39 is 0 Å². The molecule has 0 saturated carbocycles. The summed E-state index contributed by atoms with van der Waals surface area (Å²) in [6, 6.07) is 13.8. The molecule has 0 spiro atoms. The number of benzene rings is 2. The first kappa shape index (κ1) is 20.0. The van der Waals surface area contributed by atoms with E-state index in [0.717, 1.165) is 29.4 Å². The fourth-order valence-corrected chi connectivity index (χ4v) is 3.27. The van der Waals surface area contributed by atoms with Gasteiger partial charge in [0.2, 0.25) is 11.8 Å². The first-order valence-corrected chi connectivity index (χ1v) is 9.50. The van der Waals surface area contributed by atoms with Crippen LogP contribution < -0.4 is 5.32 Å². The molecule has 0 saturated heterocycles. The Morgan fingerprint density at radius 3 is 2.50 bits per heavy atom. The second-order valence-corrected chi connectivity index (χ2v) is 6.91. The molecule has 0 heterocycles. The minimum absolute atomic E-state index is 0.0150. The van der Waals surface area contributed by atoms with Crippen LogP contribution in [0.1, 0.15) is 18.9 Å². The standard InChI is InChI=1S/C20H23FN2O2S/c1-3-12-23(13-19(24)22-17-10-6-4-8-15(17)2)20(25)14-26-18-11-7-5-9-16(18)21/h4-11H,3,12-14H2,1-2H3,(H,22,24). The number of hydrogen-bond donors (Lipinski definition) is 1. The molecular formula is C20H23FN2O2S. The zero-order chi connectivity index (χ0) is 18.9. The third kappa shape index (κ3) is 5.88. The summed E-state index contributed by atoms with van der Waals surface area (Å²) in [5, 5.41) is 2.84. The number of halogens is 1. The predicted octanol–water partition coefficient (Wildman–Crippen LogP) is 4.10.